The number of nitriles is 1. The van der Waals surface area contributed by atoms with Crippen molar-refractivity contribution in [2.24, 2.45) is 0 Å². The monoisotopic (exact) mass is 442 g/mol. The lowest BCUT2D eigenvalue weighted by atomic mass is 10.1. The Hall–Kier alpha value is -2.95. The van der Waals surface area contributed by atoms with E-state index in [1.165, 1.54) is 6.07 Å². The number of nitrogens with zero attached hydrogens (tertiary/aromatic N) is 3. The molecule has 0 atom stereocenters. The SMILES string of the molecule is N#Cc1cc(Br)cc(NC(=O)Cn2nc(-c3ccc(Cl)cc3)ccc2=O)c1. The molecule has 0 aliphatic heterocycles. The van der Waals surface area contributed by atoms with E-state index in [0.717, 1.165) is 10.2 Å². The van der Waals surface area contributed by atoms with Gasteiger partial charge in [-0.2, -0.15) is 10.4 Å². The van der Waals surface area contributed by atoms with Crippen LogP contribution >= 0.6 is 27.5 Å². The van der Waals surface area contributed by atoms with Crippen molar-refractivity contribution in [2.75, 3.05) is 5.32 Å². The maximum atomic E-state index is 12.3. The molecule has 8 heteroatoms. The third-order valence-corrected chi connectivity index (χ3v) is 4.32. The van der Waals surface area contributed by atoms with Gasteiger partial charge in [-0.3, -0.25) is 9.59 Å². The highest BCUT2D eigenvalue weighted by molar-refractivity contribution is 9.10. The van der Waals surface area contributed by atoms with E-state index in [0.29, 0.717) is 26.4 Å². The van der Waals surface area contributed by atoms with E-state index >= 15 is 0 Å². The van der Waals surface area contributed by atoms with Crippen LogP contribution in [0, 0.1) is 11.3 Å². The van der Waals surface area contributed by atoms with E-state index in [1.54, 1.807) is 48.5 Å². The molecule has 3 rings (SSSR count). The lowest BCUT2D eigenvalue weighted by Gasteiger charge is -2.09. The summed E-state index contributed by atoms with van der Waals surface area (Å²) in [4.78, 5) is 24.4. The van der Waals surface area contributed by atoms with Crippen molar-refractivity contribution in [3.63, 3.8) is 0 Å². The van der Waals surface area contributed by atoms with Crippen molar-refractivity contribution in [3.05, 3.63) is 80.0 Å². The molecule has 1 N–H and O–H groups in total. The number of nitrogens with one attached hydrogen (secondary N) is 1. The maximum absolute atomic E-state index is 12.3. The second-order valence-electron chi connectivity index (χ2n) is 5.61. The van der Waals surface area contributed by atoms with Gasteiger partial charge in [-0.1, -0.05) is 39.7 Å². The summed E-state index contributed by atoms with van der Waals surface area (Å²) in [5, 5.41) is 16.5. The highest BCUT2D eigenvalue weighted by Crippen LogP contribution is 2.20. The van der Waals surface area contributed by atoms with Crippen LogP contribution in [0.3, 0.4) is 0 Å². The van der Waals surface area contributed by atoms with E-state index in [-0.39, 0.29) is 6.54 Å². The van der Waals surface area contributed by atoms with Crippen LogP contribution in [-0.4, -0.2) is 15.7 Å². The molecule has 0 saturated heterocycles. The molecule has 1 aromatic heterocycles. The Labute approximate surface area is 168 Å². The van der Waals surface area contributed by atoms with Crippen molar-refractivity contribution in [1.29, 1.82) is 5.26 Å². The topological polar surface area (TPSA) is 87.8 Å². The van der Waals surface area contributed by atoms with E-state index in [2.05, 4.69) is 26.3 Å². The van der Waals surface area contributed by atoms with Gasteiger partial charge in [0.2, 0.25) is 5.91 Å². The average molecular weight is 444 g/mol. The van der Waals surface area contributed by atoms with Gasteiger partial charge in [0, 0.05) is 26.8 Å². The molecule has 2 aromatic carbocycles. The van der Waals surface area contributed by atoms with E-state index in [4.69, 9.17) is 16.9 Å². The van der Waals surface area contributed by atoms with E-state index in [9.17, 15) is 9.59 Å². The fourth-order valence-corrected chi connectivity index (χ4v) is 3.02. The molecule has 3 aromatic rings. The molecule has 0 spiro atoms. The van der Waals surface area contributed by atoms with Gasteiger partial charge in [0.25, 0.3) is 5.56 Å². The van der Waals surface area contributed by atoms with Crippen molar-refractivity contribution in [3.8, 4) is 17.3 Å². The van der Waals surface area contributed by atoms with Gasteiger partial charge in [0.1, 0.15) is 6.54 Å². The zero-order valence-corrected chi connectivity index (χ0v) is 16.2. The number of benzene rings is 2. The molecule has 27 heavy (non-hydrogen) atoms. The van der Waals surface area contributed by atoms with Crippen LogP contribution < -0.4 is 10.9 Å². The minimum absolute atomic E-state index is 0.255. The highest BCUT2D eigenvalue weighted by atomic mass is 79.9. The summed E-state index contributed by atoms with van der Waals surface area (Å²) in [5.41, 5.74) is 1.79. The van der Waals surface area contributed by atoms with Crippen molar-refractivity contribution in [2.45, 2.75) is 6.54 Å². The Bertz CT molecular complexity index is 1100. The van der Waals surface area contributed by atoms with Gasteiger partial charge in [-0.05, 0) is 36.4 Å². The standard InChI is InChI=1S/C19H12BrClN4O2/c20-14-7-12(10-22)8-16(9-14)23-18(26)11-25-19(27)6-5-17(24-25)13-1-3-15(21)4-2-13/h1-9H,11H2,(H,23,26). The van der Waals surface area contributed by atoms with Gasteiger partial charge in [0.05, 0.1) is 17.3 Å². The molecule has 1 amide bonds. The lowest BCUT2D eigenvalue weighted by molar-refractivity contribution is -0.117. The van der Waals surface area contributed by atoms with Crippen LogP contribution in [0.25, 0.3) is 11.3 Å². The third kappa shape index (κ3) is 4.82. The predicted octanol–water partition coefficient (Wildman–Crippen LogP) is 3.84. The Morgan fingerprint density at radius 2 is 1.93 bits per heavy atom. The second kappa shape index (κ2) is 8.16. The molecule has 0 fully saturated rings. The summed E-state index contributed by atoms with van der Waals surface area (Å²) in [6.45, 7) is -0.255. The zero-order chi connectivity index (χ0) is 19.4. The Kier molecular flexibility index (Phi) is 5.69. The van der Waals surface area contributed by atoms with Crippen LogP contribution in [0.2, 0.25) is 5.02 Å². The fraction of sp³-hybridized carbons (Fsp3) is 0.0526. The Morgan fingerprint density at radius 3 is 2.63 bits per heavy atom. The number of amides is 1. The number of halogens is 2. The molecule has 0 aliphatic carbocycles. The van der Waals surface area contributed by atoms with E-state index < -0.39 is 11.5 Å². The molecular formula is C19H12BrClN4O2. The van der Waals surface area contributed by atoms with Gasteiger partial charge in [-0.25, -0.2) is 4.68 Å². The molecule has 134 valence electrons. The van der Waals surface area contributed by atoms with Gasteiger partial charge < -0.3 is 5.32 Å². The van der Waals surface area contributed by atoms with Gasteiger partial charge >= 0.3 is 0 Å². The van der Waals surface area contributed by atoms with Crippen LogP contribution in [0.4, 0.5) is 5.69 Å². The van der Waals surface area contributed by atoms with E-state index in [1.807, 2.05) is 6.07 Å². The van der Waals surface area contributed by atoms with Gasteiger partial charge in [-0.15, -0.1) is 0 Å². The van der Waals surface area contributed by atoms with Gasteiger partial charge in [0.15, 0.2) is 0 Å². The zero-order valence-electron chi connectivity index (χ0n) is 13.8. The van der Waals surface area contributed by atoms with Crippen molar-refractivity contribution >= 4 is 39.1 Å². The summed E-state index contributed by atoms with van der Waals surface area (Å²) in [6.07, 6.45) is 0. The number of anilines is 1. The normalized spacial score (nSPS) is 10.3. The van der Waals surface area contributed by atoms with Crippen molar-refractivity contribution < 1.29 is 4.79 Å². The first-order valence-electron chi connectivity index (χ1n) is 7.79. The number of carbonyl (C=O) groups is 1. The van der Waals surface area contributed by atoms with Crippen LogP contribution in [0.1, 0.15) is 5.56 Å². The molecule has 0 bridgehead atoms. The summed E-state index contributed by atoms with van der Waals surface area (Å²) in [5.74, 6) is -0.431. The first-order chi connectivity index (χ1) is 12.9. The molecule has 1 heterocycles. The maximum Gasteiger partial charge on any atom is 0.267 e. The molecule has 0 unspecified atom stereocenters. The Balaban J connectivity index is 1.81. The Morgan fingerprint density at radius 1 is 1.19 bits per heavy atom. The quantitative estimate of drug-likeness (QED) is 0.664. The number of hydrogen-bond acceptors (Lipinski definition) is 4. The fourth-order valence-electron chi connectivity index (χ4n) is 2.40. The minimum atomic E-state index is -0.431. The van der Waals surface area contributed by atoms with Crippen LogP contribution in [0.15, 0.2) is 63.9 Å². The minimum Gasteiger partial charge on any atom is -0.324 e. The average Bonchev–Trinajstić information content (AvgIpc) is 2.63. The summed E-state index contributed by atoms with van der Waals surface area (Å²) >= 11 is 9.17. The number of hydrogen-bond donors (Lipinski definition) is 1. The lowest BCUT2D eigenvalue weighted by Crippen LogP contribution is -2.29. The smallest absolute Gasteiger partial charge is 0.267 e. The van der Waals surface area contributed by atoms with Crippen molar-refractivity contribution in [1.82, 2.24) is 9.78 Å². The highest BCUT2D eigenvalue weighted by Gasteiger charge is 2.09. The molecule has 6 nitrogen and oxygen atoms in total. The molecule has 0 aliphatic rings. The number of aromatic nitrogens is 2. The first-order valence-corrected chi connectivity index (χ1v) is 8.96. The summed E-state index contributed by atoms with van der Waals surface area (Å²) in [6, 6.07) is 16.8. The summed E-state index contributed by atoms with van der Waals surface area (Å²) in [7, 11) is 0. The third-order valence-electron chi connectivity index (χ3n) is 3.61. The molecule has 0 saturated carbocycles. The molecule has 0 radical (unpaired) electrons. The summed E-state index contributed by atoms with van der Waals surface area (Å²) < 4.78 is 1.75. The predicted molar refractivity (Wildman–Crippen MR) is 106 cm³/mol. The number of carbonyl (C=O) groups excluding carboxylic acids is 1. The second-order valence-corrected chi connectivity index (χ2v) is 6.96. The molecular weight excluding hydrogens is 432 g/mol. The largest absolute Gasteiger partial charge is 0.324 e. The first kappa shape index (κ1) is 18.8. The number of rotatable bonds is 4. The van der Waals surface area contributed by atoms with Crippen LogP contribution in [-0.2, 0) is 11.3 Å². The van der Waals surface area contributed by atoms with Crippen LogP contribution in [0.5, 0.6) is 0 Å².